The molecule has 4 atom stereocenters. The van der Waals surface area contributed by atoms with E-state index in [-0.39, 0.29) is 34.6 Å². The van der Waals surface area contributed by atoms with Crippen molar-refractivity contribution in [3.63, 3.8) is 0 Å². The van der Waals surface area contributed by atoms with Gasteiger partial charge < -0.3 is 10.2 Å². The highest BCUT2D eigenvalue weighted by molar-refractivity contribution is 5.90. The van der Waals surface area contributed by atoms with Crippen LogP contribution in [0.3, 0.4) is 0 Å². The van der Waals surface area contributed by atoms with Crippen LogP contribution in [0.25, 0.3) is 0 Å². The molecule has 0 aromatic rings. The smallest absolute Gasteiger partial charge is 0.244 e. The van der Waals surface area contributed by atoms with Crippen LogP contribution in [0.1, 0.15) is 46.5 Å². The molecule has 124 valence electrons. The van der Waals surface area contributed by atoms with Crippen LogP contribution in [0.4, 0.5) is 0 Å². The number of fused-ring (bicyclic) bond motifs is 1. The van der Waals surface area contributed by atoms with Gasteiger partial charge in [0.15, 0.2) is 0 Å². The molecule has 5 rings (SSSR count). The van der Waals surface area contributed by atoms with Crippen molar-refractivity contribution in [1.82, 2.24) is 10.2 Å². The summed E-state index contributed by atoms with van der Waals surface area (Å²) in [5.74, 6) is 1.53. The van der Waals surface area contributed by atoms with Crippen LogP contribution < -0.4 is 5.32 Å². The molecule has 0 aromatic carbocycles. The lowest BCUT2D eigenvalue weighted by Gasteiger charge is -2.62. The number of hydrogen-bond acceptors (Lipinski definition) is 3. The number of nitriles is 1. The molecule has 5 fully saturated rings. The van der Waals surface area contributed by atoms with Gasteiger partial charge in [0.25, 0.3) is 0 Å². The molecule has 2 bridgehead atoms. The molecule has 0 aromatic heterocycles. The van der Waals surface area contributed by atoms with Crippen LogP contribution in [0, 0.1) is 39.9 Å². The summed E-state index contributed by atoms with van der Waals surface area (Å²) in [5, 5.41) is 11.7. The zero-order chi connectivity index (χ0) is 16.6. The number of nitrogens with zero attached hydrogens (tertiary/aromatic N) is 2. The number of rotatable bonds is 4. The SMILES string of the molecule is C[C@@H](C#N)NC(=O)[C@@H]1C2[C@H](CN1C(=O)CC13CC(C1)C3)C2(C)C. The standard InChI is InChI=1S/C18H25N3O2/c1-10(8-19)20-16(23)15-14-12(17(14,2)3)9-21(15)13(22)7-18-4-11(5-18)6-18/h10-12,14-15H,4-7,9H2,1-3H3,(H,20,23)/t10-,11?,12-,14?,15-,18?/m0/s1. The second kappa shape index (κ2) is 4.49. The molecule has 4 saturated carbocycles. The van der Waals surface area contributed by atoms with Crippen LogP contribution in [-0.4, -0.2) is 35.3 Å². The maximum Gasteiger partial charge on any atom is 0.244 e. The third-order valence-electron chi connectivity index (χ3n) is 7.04. The van der Waals surface area contributed by atoms with Gasteiger partial charge in [0.2, 0.25) is 11.8 Å². The van der Waals surface area contributed by atoms with Crippen LogP contribution in [-0.2, 0) is 9.59 Å². The van der Waals surface area contributed by atoms with Gasteiger partial charge in [-0.05, 0) is 54.8 Å². The summed E-state index contributed by atoms with van der Waals surface area (Å²) >= 11 is 0. The van der Waals surface area contributed by atoms with E-state index in [9.17, 15) is 9.59 Å². The zero-order valence-corrected chi connectivity index (χ0v) is 14.1. The average molecular weight is 315 g/mol. The summed E-state index contributed by atoms with van der Waals surface area (Å²) in [5.41, 5.74) is 0.399. The quantitative estimate of drug-likeness (QED) is 0.858. The minimum atomic E-state index is -0.516. The lowest BCUT2D eigenvalue weighted by Crippen LogP contribution is -2.56. The van der Waals surface area contributed by atoms with Crippen LogP contribution in [0.15, 0.2) is 0 Å². The third kappa shape index (κ3) is 2.03. The second-order valence-electron chi connectivity index (χ2n) is 8.96. The topological polar surface area (TPSA) is 73.2 Å². The monoisotopic (exact) mass is 315 g/mol. The van der Waals surface area contributed by atoms with E-state index in [0.29, 0.717) is 18.9 Å². The Balaban J connectivity index is 1.48. The number of likely N-dealkylation sites (tertiary alicyclic amines) is 1. The van der Waals surface area contributed by atoms with Crippen LogP contribution in [0.5, 0.6) is 0 Å². The van der Waals surface area contributed by atoms with Gasteiger partial charge in [-0.1, -0.05) is 13.8 Å². The van der Waals surface area contributed by atoms with E-state index >= 15 is 0 Å². The Kier molecular flexibility index (Phi) is 2.93. The van der Waals surface area contributed by atoms with Crippen molar-refractivity contribution in [3.05, 3.63) is 0 Å². The highest BCUT2D eigenvalue weighted by Crippen LogP contribution is 2.68. The summed E-state index contributed by atoms with van der Waals surface area (Å²) in [4.78, 5) is 27.3. The molecule has 0 radical (unpaired) electrons. The molecule has 1 heterocycles. The molecular formula is C18H25N3O2. The summed E-state index contributed by atoms with van der Waals surface area (Å²) in [6.45, 7) is 6.74. The summed E-state index contributed by atoms with van der Waals surface area (Å²) in [7, 11) is 0. The van der Waals surface area contributed by atoms with E-state index in [0.717, 1.165) is 5.92 Å². The molecule has 5 aliphatic rings. The van der Waals surface area contributed by atoms with Crippen molar-refractivity contribution in [2.45, 2.75) is 58.5 Å². The van der Waals surface area contributed by atoms with Crippen LogP contribution >= 0.6 is 0 Å². The number of carbonyl (C=O) groups is 2. The van der Waals surface area contributed by atoms with Gasteiger partial charge >= 0.3 is 0 Å². The molecule has 1 N–H and O–H groups in total. The highest BCUT2D eigenvalue weighted by Gasteiger charge is 2.69. The molecule has 5 heteroatoms. The van der Waals surface area contributed by atoms with Crippen molar-refractivity contribution in [1.29, 1.82) is 5.26 Å². The third-order valence-corrected chi connectivity index (χ3v) is 7.04. The first-order chi connectivity index (χ1) is 10.8. The van der Waals surface area contributed by atoms with E-state index in [2.05, 4.69) is 19.2 Å². The number of amides is 2. The van der Waals surface area contributed by atoms with E-state index in [1.54, 1.807) is 6.92 Å². The number of nitrogens with one attached hydrogen (secondary N) is 1. The Hall–Kier alpha value is -1.57. The molecule has 1 saturated heterocycles. The molecule has 1 aliphatic heterocycles. The largest absolute Gasteiger partial charge is 0.339 e. The van der Waals surface area contributed by atoms with E-state index < -0.39 is 6.04 Å². The fourth-order valence-electron chi connectivity index (χ4n) is 5.47. The predicted octanol–water partition coefficient (Wildman–Crippen LogP) is 1.69. The fraction of sp³-hybridized carbons (Fsp3) is 0.833. The van der Waals surface area contributed by atoms with E-state index in [4.69, 9.17) is 5.26 Å². The van der Waals surface area contributed by atoms with Crippen molar-refractivity contribution < 1.29 is 9.59 Å². The minimum Gasteiger partial charge on any atom is -0.339 e. The van der Waals surface area contributed by atoms with Crippen molar-refractivity contribution >= 4 is 11.8 Å². The molecule has 2 amide bonds. The average Bonchev–Trinajstić information content (AvgIpc) is 2.80. The molecular weight excluding hydrogens is 290 g/mol. The van der Waals surface area contributed by atoms with Gasteiger partial charge in [-0.15, -0.1) is 0 Å². The fourth-order valence-corrected chi connectivity index (χ4v) is 5.47. The summed E-state index contributed by atoms with van der Waals surface area (Å²) < 4.78 is 0. The van der Waals surface area contributed by atoms with Gasteiger partial charge in [0.05, 0.1) is 6.07 Å². The molecule has 0 spiro atoms. The second-order valence-corrected chi connectivity index (χ2v) is 8.96. The van der Waals surface area contributed by atoms with Gasteiger partial charge in [-0.3, -0.25) is 9.59 Å². The van der Waals surface area contributed by atoms with Gasteiger partial charge in [0.1, 0.15) is 12.1 Å². The Morgan fingerprint density at radius 3 is 2.52 bits per heavy atom. The minimum absolute atomic E-state index is 0.130. The van der Waals surface area contributed by atoms with E-state index in [1.807, 2.05) is 11.0 Å². The Bertz CT molecular complexity index is 603. The first-order valence-electron chi connectivity index (χ1n) is 8.77. The number of carbonyl (C=O) groups excluding carboxylic acids is 2. The Morgan fingerprint density at radius 2 is 2.00 bits per heavy atom. The zero-order valence-electron chi connectivity index (χ0n) is 14.1. The van der Waals surface area contributed by atoms with Crippen molar-refractivity contribution in [2.24, 2.45) is 28.6 Å². The Morgan fingerprint density at radius 1 is 1.35 bits per heavy atom. The normalized spacial score (nSPS) is 42.6. The van der Waals surface area contributed by atoms with Gasteiger partial charge in [-0.2, -0.15) is 5.26 Å². The van der Waals surface area contributed by atoms with Crippen LogP contribution in [0.2, 0.25) is 0 Å². The first kappa shape index (κ1) is 15.0. The summed E-state index contributed by atoms with van der Waals surface area (Å²) in [6, 6.07) is 1.14. The molecule has 23 heavy (non-hydrogen) atoms. The molecule has 1 unspecified atom stereocenters. The van der Waals surface area contributed by atoms with Gasteiger partial charge in [-0.25, -0.2) is 0 Å². The van der Waals surface area contributed by atoms with Crippen molar-refractivity contribution in [3.8, 4) is 6.07 Å². The Labute approximate surface area is 137 Å². The van der Waals surface area contributed by atoms with E-state index in [1.165, 1.54) is 19.3 Å². The van der Waals surface area contributed by atoms with Gasteiger partial charge in [0, 0.05) is 13.0 Å². The maximum absolute atomic E-state index is 12.8. The lowest BCUT2D eigenvalue weighted by atomic mass is 9.43. The number of hydrogen-bond donors (Lipinski definition) is 1. The lowest BCUT2D eigenvalue weighted by molar-refractivity contribution is -0.157. The van der Waals surface area contributed by atoms with Crippen molar-refractivity contribution in [2.75, 3.05) is 6.54 Å². The molecule has 4 aliphatic carbocycles. The molecule has 5 nitrogen and oxygen atoms in total. The highest BCUT2D eigenvalue weighted by atomic mass is 16.2. The first-order valence-corrected chi connectivity index (χ1v) is 8.77. The maximum atomic E-state index is 12.8. The predicted molar refractivity (Wildman–Crippen MR) is 83.9 cm³/mol. The number of piperidine rings is 1. The summed E-state index contributed by atoms with van der Waals surface area (Å²) in [6.07, 6.45) is 4.22.